The van der Waals surface area contributed by atoms with Crippen LogP contribution in [0.25, 0.3) is 0 Å². The van der Waals surface area contributed by atoms with Crippen LogP contribution in [0.1, 0.15) is 30.9 Å². The molecule has 20 heavy (non-hydrogen) atoms. The van der Waals surface area contributed by atoms with Crippen molar-refractivity contribution >= 4 is 0 Å². The van der Waals surface area contributed by atoms with Gasteiger partial charge in [0.15, 0.2) is 0 Å². The Morgan fingerprint density at radius 1 is 1.15 bits per heavy atom. The van der Waals surface area contributed by atoms with Crippen molar-refractivity contribution in [1.82, 2.24) is 4.90 Å². The summed E-state index contributed by atoms with van der Waals surface area (Å²) in [5.41, 5.74) is 6.57. The number of likely N-dealkylation sites (tertiary alicyclic amines) is 1. The predicted molar refractivity (Wildman–Crippen MR) is 72.2 cm³/mol. The molecule has 2 bridgehead atoms. The third kappa shape index (κ3) is 3.16. The highest BCUT2D eigenvalue weighted by molar-refractivity contribution is 5.21. The SMILES string of the molecule is NC(CCN1CC2CCC(C1)O2)c1cc(F)cc(F)c1. The van der Waals surface area contributed by atoms with Gasteiger partial charge in [-0.25, -0.2) is 8.78 Å². The lowest BCUT2D eigenvalue weighted by Gasteiger charge is -2.32. The summed E-state index contributed by atoms with van der Waals surface area (Å²) < 4.78 is 32.1. The number of nitrogens with two attached hydrogens (primary N) is 1. The van der Waals surface area contributed by atoms with Crippen LogP contribution in [0.5, 0.6) is 0 Å². The van der Waals surface area contributed by atoms with Crippen LogP contribution in [0.2, 0.25) is 0 Å². The van der Waals surface area contributed by atoms with Gasteiger partial charge in [-0.2, -0.15) is 0 Å². The first-order valence-electron chi connectivity index (χ1n) is 7.19. The summed E-state index contributed by atoms with van der Waals surface area (Å²) in [6.07, 6.45) is 3.70. The molecule has 0 aliphatic carbocycles. The van der Waals surface area contributed by atoms with Crippen molar-refractivity contribution in [3.8, 4) is 0 Å². The number of hydrogen-bond acceptors (Lipinski definition) is 3. The predicted octanol–water partition coefficient (Wildman–Crippen LogP) is 2.22. The molecule has 3 atom stereocenters. The Balaban J connectivity index is 1.55. The van der Waals surface area contributed by atoms with Gasteiger partial charge >= 0.3 is 0 Å². The number of fused-ring (bicyclic) bond motifs is 2. The molecule has 110 valence electrons. The molecule has 0 spiro atoms. The molecule has 1 aromatic carbocycles. The first kappa shape index (κ1) is 13.9. The zero-order valence-electron chi connectivity index (χ0n) is 11.4. The van der Waals surface area contributed by atoms with Crippen molar-refractivity contribution in [1.29, 1.82) is 0 Å². The zero-order valence-corrected chi connectivity index (χ0v) is 11.4. The van der Waals surface area contributed by atoms with Gasteiger partial charge in [0.2, 0.25) is 0 Å². The van der Waals surface area contributed by atoms with E-state index in [1.165, 1.54) is 12.1 Å². The molecule has 3 unspecified atom stereocenters. The van der Waals surface area contributed by atoms with Crippen LogP contribution in [0.4, 0.5) is 8.78 Å². The van der Waals surface area contributed by atoms with Crippen LogP contribution in [0.3, 0.4) is 0 Å². The minimum Gasteiger partial charge on any atom is -0.372 e. The smallest absolute Gasteiger partial charge is 0.126 e. The largest absolute Gasteiger partial charge is 0.372 e. The van der Waals surface area contributed by atoms with Crippen molar-refractivity contribution < 1.29 is 13.5 Å². The number of ether oxygens (including phenoxy) is 1. The maximum absolute atomic E-state index is 13.2. The van der Waals surface area contributed by atoms with Gasteiger partial charge in [-0.3, -0.25) is 4.90 Å². The Morgan fingerprint density at radius 2 is 1.75 bits per heavy atom. The lowest BCUT2D eigenvalue weighted by atomic mass is 10.0. The summed E-state index contributed by atoms with van der Waals surface area (Å²) in [6.45, 7) is 2.73. The van der Waals surface area contributed by atoms with Gasteiger partial charge in [0.25, 0.3) is 0 Å². The third-order valence-corrected chi connectivity index (χ3v) is 4.19. The molecule has 0 aromatic heterocycles. The minimum absolute atomic E-state index is 0.333. The number of hydrogen-bond donors (Lipinski definition) is 1. The van der Waals surface area contributed by atoms with E-state index >= 15 is 0 Å². The average molecular weight is 282 g/mol. The van der Waals surface area contributed by atoms with Gasteiger partial charge < -0.3 is 10.5 Å². The van der Waals surface area contributed by atoms with Crippen LogP contribution in [0.15, 0.2) is 18.2 Å². The molecule has 2 fully saturated rings. The summed E-state index contributed by atoms with van der Waals surface area (Å²) >= 11 is 0. The summed E-state index contributed by atoms with van der Waals surface area (Å²) in [6, 6.07) is 3.17. The Kier molecular flexibility index (Phi) is 4.01. The Hall–Kier alpha value is -1.04. The molecule has 2 saturated heterocycles. The molecule has 2 aliphatic rings. The summed E-state index contributed by atoms with van der Waals surface area (Å²) in [7, 11) is 0. The molecule has 5 heteroatoms. The fraction of sp³-hybridized carbons (Fsp3) is 0.600. The van der Waals surface area contributed by atoms with E-state index in [1.807, 2.05) is 0 Å². The molecule has 2 heterocycles. The molecule has 0 radical (unpaired) electrons. The number of benzene rings is 1. The van der Waals surface area contributed by atoms with E-state index < -0.39 is 11.6 Å². The fourth-order valence-electron chi connectivity index (χ4n) is 3.16. The van der Waals surface area contributed by atoms with Crippen molar-refractivity contribution in [2.24, 2.45) is 5.73 Å². The van der Waals surface area contributed by atoms with Crippen LogP contribution in [0, 0.1) is 11.6 Å². The Morgan fingerprint density at radius 3 is 2.35 bits per heavy atom. The normalized spacial score (nSPS) is 27.8. The maximum Gasteiger partial charge on any atom is 0.126 e. The molecule has 2 N–H and O–H groups in total. The second kappa shape index (κ2) is 5.76. The molecule has 0 amide bonds. The van der Waals surface area contributed by atoms with E-state index in [0.717, 1.165) is 38.5 Å². The highest BCUT2D eigenvalue weighted by Crippen LogP contribution is 2.27. The topological polar surface area (TPSA) is 38.5 Å². The molecule has 1 aromatic rings. The second-order valence-corrected chi connectivity index (χ2v) is 5.81. The standard InChI is InChI=1S/C15H20F2N2O/c16-11-5-10(6-12(17)7-11)15(18)3-4-19-8-13-1-2-14(9-19)20-13/h5-7,13-15H,1-4,8-9,18H2. The van der Waals surface area contributed by atoms with Crippen LogP contribution >= 0.6 is 0 Å². The molecular formula is C15H20F2N2O. The van der Waals surface area contributed by atoms with Crippen molar-refractivity contribution in [3.05, 3.63) is 35.4 Å². The summed E-state index contributed by atoms with van der Waals surface area (Å²) in [5, 5.41) is 0. The number of morpholine rings is 1. The zero-order chi connectivity index (χ0) is 14.1. The Bertz CT molecular complexity index is 451. The van der Waals surface area contributed by atoms with Crippen LogP contribution in [-0.4, -0.2) is 36.7 Å². The first-order valence-corrected chi connectivity index (χ1v) is 7.19. The van der Waals surface area contributed by atoms with Crippen molar-refractivity contribution in [2.45, 2.75) is 37.5 Å². The van der Waals surface area contributed by atoms with E-state index in [9.17, 15) is 8.78 Å². The first-order chi connectivity index (χ1) is 9.60. The highest BCUT2D eigenvalue weighted by atomic mass is 19.1. The minimum atomic E-state index is -0.570. The summed E-state index contributed by atoms with van der Waals surface area (Å²) in [4.78, 5) is 2.35. The average Bonchev–Trinajstić information content (AvgIpc) is 2.74. The lowest BCUT2D eigenvalue weighted by molar-refractivity contribution is -0.0388. The van der Waals surface area contributed by atoms with E-state index in [-0.39, 0.29) is 6.04 Å². The molecule has 2 aliphatic heterocycles. The quantitative estimate of drug-likeness (QED) is 0.920. The van der Waals surface area contributed by atoms with Gasteiger partial charge in [0, 0.05) is 31.7 Å². The number of nitrogens with zero attached hydrogens (tertiary/aromatic N) is 1. The molecule has 3 rings (SSSR count). The van der Waals surface area contributed by atoms with Gasteiger partial charge in [-0.05, 0) is 37.0 Å². The fourth-order valence-corrected chi connectivity index (χ4v) is 3.16. The number of rotatable bonds is 4. The number of halogens is 2. The third-order valence-electron chi connectivity index (χ3n) is 4.19. The van der Waals surface area contributed by atoms with E-state index in [1.54, 1.807) is 0 Å². The monoisotopic (exact) mass is 282 g/mol. The van der Waals surface area contributed by atoms with Gasteiger partial charge in [-0.1, -0.05) is 0 Å². The summed E-state index contributed by atoms with van der Waals surface area (Å²) in [5.74, 6) is -1.14. The molecule has 0 saturated carbocycles. The van der Waals surface area contributed by atoms with Gasteiger partial charge in [-0.15, -0.1) is 0 Å². The van der Waals surface area contributed by atoms with Crippen molar-refractivity contribution in [3.63, 3.8) is 0 Å². The van der Waals surface area contributed by atoms with Gasteiger partial charge in [0.1, 0.15) is 11.6 Å². The molecule has 3 nitrogen and oxygen atoms in total. The van der Waals surface area contributed by atoms with Crippen LogP contribution in [-0.2, 0) is 4.74 Å². The Labute approximate surface area is 117 Å². The van der Waals surface area contributed by atoms with E-state index in [4.69, 9.17) is 10.5 Å². The van der Waals surface area contributed by atoms with Crippen LogP contribution < -0.4 is 5.73 Å². The molecular weight excluding hydrogens is 262 g/mol. The highest BCUT2D eigenvalue weighted by Gasteiger charge is 2.33. The maximum atomic E-state index is 13.2. The van der Waals surface area contributed by atoms with Gasteiger partial charge in [0.05, 0.1) is 12.2 Å². The van der Waals surface area contributed by atoms with E-state index in [2.05, 4.69) is 4.90 Å². The lowest BCUT2D eigenvalue weighted by Crippen LogP contribution is -2.43. The van der Waals surface area contributed by atoms with E-state index in [0.29, 0.717) is 24.2 Å². The second-order valence-electron chi connectivity index (χ2n) is 5.81. The van der Waals surface area contributed by atoms with Crippen molar-refractivity contribution in [2.75, 3.05) is 19.6 Å².